The van der Waals surface area contributed by atoms with E-state index in [4.69, 9.17) is 47.4 Å². The highest BCUT2D eigenvalue weighted by Crippen LogP contribution is 2.38. The van der Waals surface area contributed by atoms with E-state index in [0.717, 1.165) is 36.5 Å². The van der Waals surface area contributed by atoms with Crippen LogP contribution in [0.15, 0.2) is 266 Å². The fourth-order valence-corrected chi connectivity index (χ4v) is 12.1. The highest BCUT2D eigenvalue weighted by Gasteiger charge is 2.57. The molecule has 4 heterocycles. The maximum atomic E-state index is 14.2. The van der Waals surface area contributed by atoms with Crippen molar-refractivity contribution in [3.05, 3.63) is 322 Å². The first-order chi connectivity index (χ1) is 52.5. The quantitative estimate of drug-likeness (QED) is 0.0317. The second-order valence-corrected chi connectivity index (χ2v) is 24.6. The van der Waals surface area contributed by atoms with Crippen molar-refractivity contribution in [2.24, 2.45) is 0 Å². The van der Waals surface area contributed by atoms with Crippen LogP contribution in [0, 0.1) is 0 Å². The normalized spacial score (nSPS) is 20.9. The minimum atomic E-state index is -1.76. The van der Waals surface area contributed by atoms with Crippen molar-refractivity contribution in [3.63, 3.8) is 0 Å². The van der Waals surface area contributed by atoms with E-state index in [1.54, 1.807) is 109 Å². The molecular formula is C80H60N6O22. The third-order valence-corrected chi connectivity index (χ3v) is 17.3. The summed E-state index contributed by atoms with van der Waals surface area (Å²) in [6.45, 7) is -1.81. The van der Waals surface area contributed by atoms with Crippen LogP contribution in [0.5, 0.6) is 0 Å². The Hall–Kier alpha value is -13.9. The minimum absolute atomic E-state index is 0.0477. The SMILES string of the molecule is O=C1C=CC(=O)C([C@@H]2O[C@H](Cn3cc(COC(=O)c4cccc(C(=O)OCc5cn(C[C@H]6O[C@@H](C7=CC(=O)C=CC7=O)[C@H](OC(=O)c7ccccc7)[C@@H](OC(=O)c7ccccc7)[C@H]6OC(=O)c6ccccc6)nn5)c4)nn3)[C@H](OC(=O)c3ccccc3)[C@H](OC(=O)c3ccccc3)[C@H]2OC(=O)c2ccccc2)=C1. The third kappa shape index (κ3) is 17.3. The maximum Gasteiger partial charge on any atom is 0.338 e. The zero-order valence-electron chi connectivity index (χ0n) is 56.5. The van der Waals surface area contributed by atoms with E-state index < -0.39 is 158 Å². The van der Waals surface area contributed by atoms with Gasteiger partial charge >= 0.3 is 47.8 Å². The molecule has 2 aliphatic carbocycles. The van der Waals surface area contributed by atoms with Crippen LogP contribution in [0.1, 0.15) is 94.3 Å². The van der Waals surface area contributed by atoms with Gasteiger partial charge in [-0.3, -0.25) is 19.2 Å². The molecule has 9 aromatic rings. The molecule has 13 rings (SSSR count). The molecule has 0 saturated carbocycles. The molecule has 0 amide bonds. The molecule has 108 heavy (non-hydrogen) atoms. The lowest BCUT2D eigenvalue weighted by atomic mass is 9.86. The highest BCUT2D eigenvalue weighted by molar-refractivity contribution is 6.18. The summed E-state index contributed by atoms with van der Waals surface area (Å²) in [7, 11) is 0. The first kappa shape index (κ1) is 72.5. The smallest absolute Gasteiger partial charge is 0.338 e. The number of nitrogens with zero attached hydrogens (tertiary/aromatic N) is 6. The summed E-state index contributed by atoms with van der Waals surface area (Å²) in [5.74, 6) is -10.1. The summed E-state index contributed by atoms with van der Waals surface area (Å²) >= 11 is 0. The van der Waals surface area contributed by atoms with Gasteiger partial charge in [0.05, 0.1) is 70.0 Å². The van der Waals surface area contributed by atoms with Crippen molar-refractivity contribution in [2.75, 3.05) is 0 Å². The van der Waals surface area contributed by atoms with Gasteiger partial charge in [0.25, 0.3) is 0 Å². The molecule has 2 aliphatic heterocycles. The second kappa shape index (κ2) is 33.3. The van der Waals surface area contributed by atoms with Crippen LogP contribution < -0.4 is 0 Å². The molecule has 0 unspecified atom stereocenters. The fourth-order valence-electron chi connectivity index (χ4n) is 12.1. The number of carbonyl (C=O) groups excluding carboxylic acids is 12. The van der Waals surface area contributed by atoms with Crippen molar-refractivity contribution in [3.8, 4) is 0 Å². The molecule has 2 aromatic heterocycles. The van der Waals surface area contributed by atoms with Gasteiger partial charge in [-0.05, 0) is 127 Å². The van der Waals surface area contributed by atoms with E-state index >= 15 is 0 Å². The molecule has 0 N–H and O–H groups in total. The number of aromatic nitrogens is 6. The number of hydrogen-bond acceptors (Lipinski definition) is 26. The van der Waals surface area contributed by atoms with Gasteiger partial charge in [0, 0.05) is 11.1 Å². The van der Waals surface area contributed by atoms with E-state index in [-0.39, 0.29) is 67.0 Å². The highest BCUT2D eigenvalue weighted by atomic mass is 16.7. The van der Waals surface area contributed by atoms with Crippen LogP contribution >= 0.6 is 0 Å². The topological polar surface area (TPSA) is 359 Å². The number of benzene rings is 7. The zero-order valence-corrected chi connectivity index (χ0v) is 56.5. The molecule has 28 heteroatoms. The third-order valence-electron chi connectivity index (χ3n) is 17.3. The molecule has 7 aromatic carbocycles. The lowest BCUT2D eigenvalue weighted by molar-refractivity contribution is -0.216. The lowest BCUT2D eigenvalue weighted by Crippen LogP contribution is -2.63. The molecule has 10 atom stereocenters. The summed E-state index contributed by atoms with van der Waals surface area (Å²) in [5.41, 5.74) is -0.318. The van der Waals surface area contributed by atoms with E-state index in [2.05, 4.69) is 20.6 Å². The molecule has 0 radical (unpaired) electrons. The van der Waals surface area contributed by atoms with Gasteiger partial charge in [0.15, 0.2) is 59.8 Å². The fraction of sp³-hybridized carbons (Fsp3) is 0.175. The van der Waals surface area contributed by atoms with Crippen molar-refractivity contribution >= 4 is 70.9 Å². The molecule has 0 spiro atoms. The number of hydrogen-bond donors (Lipinski definition) is 0. The van der Waals surface area contributed by atoms with E-state index in [0.29, 0.717) is 0 Å². The Morgan fingerprint density at radius 2 is 0.602 bits per heavy atom. The van der Waals surface area contributed by atoms with E-state index in [1.807, 2.05) is 0 Å². The Morgan fingerprint density at radius 3 is 0.907 bits per heavy atom. The molecule has 4 aliphatic rings. The number of carbonyl (C=O) groups is 12. The van der Waals surface area contributed by atoms with Crippen molar-refractivity contribution in [2.45, 2.75) is 87.3 Å². The molecule has 28 nitrogen and oxygen atoms in total. The largest absolute Gasteiger partial charge is 0.455 e. The number of esters is 8. The average Bonchev–Trinajstić information content (AvgIpc) is 0.884. The van der Waals surface area contributed by atoms with Crippen LogP contribution in [-0.2, 0) is 92.9 Å². The first-order valence-corrected chi connectivity index (χ1v) is 33.5. The van der Waals surface area contributed by atoms with Crippen LogP contribution in [0.25, 0.3) is 0 Å². The van der Waals surface area contributed by atoms with Gasteiger partial charge in [-0.25, -0.2) is 47.7 Å². The van der Waals surface area contributed by atoms with Gasteiger partial charge in [-0.2, -0.15) is 0 Å². The minimum Gasteiger partial charge on any atom is -0.455 e. The zero-order chi connectivity index (χ0) is 75.2. The van der Waals surface area contributed by atoms with Crippen molar-refractivity contribution in [1.82, 2.24) is 30.0 Å². The number of ketones is 4. The van der Waals surface area contributed by atoms with Crippen LogP contribution in [-0.4, -0.2) is 162 Å². The number of allylic oxidation sites excluding steroid dienone is 6. The number of ether oxygens (including phenoxy) is 10. The maximum absolute atomic E-state index is 14.2. The summed E-state index contributed by atoms with van der Waals surface area (Å²) < 4.78 is 64.0. The standard InChI is InChI=1S/C80H60N6O22/c87-57-34-36-61(89)59(39-57)65-69(105-77(95)49-24-11-3-12-25-49)71(107-79(97)51-28-15-5-16-29-51)67(103-75(93)47-20-7-1-8-21-47)63(101-65)43-85-41-55(81-83-85)45-99-73(91)53-32-19-33-54(38-53)74(92)100-46-56-42-86(84-82-56)44-64-68(104-76(94)48-22-9-2-10-23-48)72(108-80(98)52-30-17-6-18-31-52)70(106-78(96)50-26-13-4-14-27-50)66(102-64)60-40-58(88)35-37-62(60)90/h1-42,63-72H,43-46H2/t63-,64-,65+,66+,67+,68+,69+,70+,71+,72+/m1/s1. The Kier molecular flexibility index (Phi) is 22.3. The molecule has 2 saturated heterocycles. The predicted molar refractivity (Wildman–Crippen MR) is 370 cm³/mol. The van der Waals surface area contributed by atoms with Gasteiger partial charge < -0.3 is 47.4 Å². The second-order valence-electron chi connectivity index (χ2n) is 24.6. The monoisotopic (exact) mass is 1460 g/mol. The summed E-state index contributed by atoms with van der Waals surface area (Å²) in [6, 6.07) is 51.9. The average molecular weight is 1460 g/mol. The Balaban J connectivity index is 0.713. The molecule has 2 fully saturated rings. The Labute approximate surface area is 612 Å². The van der Waals surface area contributed by atoms with Crippen LogP contribution in [0.2, 0.25) is 0 Å². The van der Waals surface area contributed by atoms with E-state index in [9.17, 15) is 57.5 Å². The Morgan fingerprint density at radius 1 is 0.324 bits per heavy atom. The van der Waals surface area contributed by atoms with Crippen LogP contribution in [0.4, 0.5) is 0 Å². The molecule has 0 bridgehead atoms. The summed E-state index contributed by atoms with van der Waals surface area (Å²) in [6.07, 6.45) is -7.80. The summed E-state index contributed by atoms with van der Waals surface area (Å²) in [5, 5.41) is 16.7. The van der Waals surface area contributed by atoms with Gasteiger partial charge in [-0.15, -0.1) is 10.2 Å². The van der Waals surface area contributed by atoms with Gasteiger partial charge in [0.2, 0.25) is 0 Å². The Bertz CT molecular complexity index is 4740. The number of rotatable bonds is 24. The van der Waals surface area contributed by atoms with Crippen LogP contribution in [0.3, 0.4) is 0 Å². The van der Waals surface area contributed by atoms with Crippen molar-refractivity contribution < 1.29 is 105 Å². The van der Waals surface area contributed by atoms with Crippen molar-refractivity contribution in [1.29, 1.82) is 0 Å². The lowest BCUT2D eigenvalue weighted by Gasteiger charge is -2.45. The molecular weight excluding hydrogens is 1400 g/mol. The van der Waals surface area contributed by atoms with Gasteiger partial charge in [0.1, 0.15) is 49.0 Å². The first-order valence-electron chi connectivity index (χ1n) is 33.5. The summed E-state index contributed by atoms with van der Waals surface area (Å²) in [4.78, 5) is 166. The molecule has 542 valence electrons. The van der Waals surface area contributed by atoms with Gasteiger partial charge in [-0.1, -0.05) is 126 Å². The predicted octanol–water partition coefficient (Wildman–Crippen LogP) is 7.74. The van der Waals surface area contributed by atoms with E-state index in [1.165, 1.54) is 119 Å².